The number of hydrogen-bond acceptors (Lipinski definition) is 5. The summed E-state index contributed by atoms with van der Waals surface area (Å²) in [5, 5.41) is 9.16. The summed E-state index contributed by atoms with van der Waals surface area (Å²) in [4.78, 5) is 20.7. The van der Waals surface area contributed by atoms with E-state index in [2.05, 4.69) is 25.7 Å². The second-order valence-electron chi connectivity index (χ2n) is 6.90. The molecule has 2 N–H and O–H groups in total. The van der Waals surface area contributed by atoms with E-state index in [0.29, 0.717) is 23.1 Å². The molecular weight excluding hydrogens is 437 g/mol. The lowest BCUT2D eigenvalue weighted by atomic mass is 10.2. The number of aromatic nitrogens is 4. The second kappa shape index (κ2) is 8.99. The summed E-state index contributed by atoms with van der Waals surface area (Å²) in [6.07, 6.45) is 0.577. The van der Waals surface area contributed by atoms with Gasteiger partial charge in [0.05, 0.1) is 17.3 Å². The number of anilines is 2. The van der Waals surface area contributed by atoms with E-state index in [0.717, 1.165) is 17.7 Å². The Balaban J connectivity index is 1.35. The first-order chi connectivity index (χ1) is 15.8. The van der Waals surface area contributed by atoms with Crippen LogP contribution in [-0.2, 0) is 13.2 Å². The van der Waals surface area contributed by atoms with Crippen LogP contribution in [0.3, 0.4) is 0 Å². The van der Waals surface area contributed by atoms with E-state index >= 15 is 0 Å². The van der Waals surface area contributed by atoms with Gasteiger partial charge in [0.1, 0.15) is 5.75 Å². The molecule has 8 nitrogen and oxygen atoms in total. The minimum absolute atomic E-state index is 0.230. The maximum Gasteiger partial charge on any atom is 0.416 e. The lowest BCUT2D eigenvalue weighted by Gasteiger charge is -2.10. The predicted octanol–water partition coefficient (Wildman–Crippen LogP) is 5.33. The third-order valence-corrected chi connectivity index (χ3v) is 4.40. The van der Waals surface area contributed by atoms with Crippen molar-refractivity contribution >= 4 is 17.4 Å². The lowest BCUT2D eigenvalue weighted by molar-refractivity contribution is -0.137. The standard InChI is InChI=1S/C22H17F3N6O2/c1-31-13-14(12-27-31)20-26-11-10-19(30-20)33-18-8-6-17(7-9-18)29-21(32)28-16-4-2-15(3-5-16)22(23,24)25/h2-13H,1H3,(H2,28,29,32). The van der Waals surface area contributed by atoms with E-state index in [1.54, 1.807) is 60.7 Å². The highest BCUT2D eigenvalue weighted by Gasteiger charge is 2.29. The number of benzene rings is 2. The molecule has 4 rings (SSSR count). The van der Waals surface area contributed by atoms with E-state index in [4.69, 9.17) is 4.74 Å². The quantitative estimate of drug-likeness (QED) is 0.425. The molecule has 33 heavy (non-hydrogen) atoms. The minimum atomic E-state index is -4.43. The fraction of sp³-hybridized carbons (Fsp3) is 0.0909. The number of nitrogens with one attached hydrogen (secondary N) is 2. The van der Waals surface area contributed by atoms with Crippen LogP contribution < -0.4 is 15.4 Å². The largest absolute Gasteiger partial charge is 0.439 e. The molecule has 168 valence electrons. The summed E-state index contributed by atoms with van der Waals surface area (Å²) < 4.78 is 45.2. The van der Waals surface area contributed by atoms with Gasteiger partial charge in [-0.25, -0.2) is 9.78 Å². The Labute approximate surface area is 186 Å². The Morgan fingerprint density at radius 1 is 0.970 bits per heavy atom. The monoisotopic (exact) mass is 454 g/mol. The van der Waals surface area contributed by atoms with Crippen LogP contribution in [0.5, 0.6) is 11.6 Å². The molecule has 2 amide bonds. The van der Waals surface area contributed by atoms with E-state index in [-0.39, 0.29) is 5.69 Å². The van der Waals surface area contributed by atoms with Gasteiger partial charge in [0.2, 0.25) is 5.88 Å². The zero-order chi connectivity index (χ0) is 23.4. The first-order valence-electron chi connectivity index (χ1n) is 9.61. The number of carbonyl (C=O) groups excluding carboxylic acids is 1. The van der Waals surface area contributed by atoms with Gasteiger partial charge in [0.15, 0.2) is 5.82 Å². The van der Waals surface area contributed by atoms with Gasteiger partial charge in [-0.15, -0.1) is 0 Å². The predicted molar refractivity (Wildman–Crippen MR) is 115 cm³/mol. The number of ether oxygens (including phenoxy) is 1. The fourth-order valence-electron chi connectivity index (χ4n) is 2.84. The number of nitrogens with zero attached hydrogens (tertiary/aromatic N) is 4. The highest BCUT2D eigenvalue weighted by atomic mass is 19.4. The van der Waals surface area contributed by atoms with E-state index < -0.39 is 17.8 Å². The molecule has 0 aliphatic rings. The molecule has 0 bridgehead atoms. The normalized spacial score (nSPS) is 11.2. The number of aryl methyl sites for hydroxylation is 1. The van der Waals surface area contributed by atoms with Crippen LogP contribution in [0, 0.1) is 0 Å². The Morgan fingerprint density at radius 2 is 1.61 bits per heavy atom. The van der Waals surface area contributed by atoms with Gasteiger partial charge in [-0.3, -0.25) is 4.68 Å². The summed E-state index contributed by atoms with van der Waals surface area (Å²) in [6, 6.07) is 11.7. The molecule has 0 atom stereocenters. The van der Waals surface area contributed by atoms with Gasteiger partial charge in [0, 0.05) is 36.9 Å². The van der Waals surface area contributed by atoms with Crippen LogP contribution in [-0.4, -0.2) is 25.8 Å². The molecule has 0 saturated heterocycles. The first kappa shape index (κ1) is 21.8. The van der Waals surface area contributed by atoms with Crippen molar-refractivity contribution in [1.82, 2.24) is 19.7 Å². The van der Waals surface area contributed by atoms with Crippen LogP contribution in [0.4, 0.5) is 29.3 Å². The molecule has 2 aromatic carbocycles. The third-order valence-electron chi connectivity index (χ3n) is 4.40. The Hall–Kier alpha value is -4.41. The van der Waals surface area contributed by atoms with Gasteiger partial charge in [-0.1, -0.05) is 0 Å². The van der Waals surface area contributed by atoms with Crippen molar-refractivity contribution in [2.75, 3.05) is 10.6 Å². The maximum absolute atomic E-state index is 12.6. The SMILES string of the molecule is Cn1cc(-c2nccc(Oc3ccc(NC(=O)Nc4ccc(C(F)(F)F)cc4)cc3)n2)cn1. The highest BCUT2D eigenvalue weighted by Crippen LogP contribution is 2.30. The Morgan fingerprint density at radius 3 is 2.18 bits per heavy atom. The number of hydrogen-bond donors (Lipinski definition) is 2. The van der Waals surface area contributed by atoms with Crippen molar-refractivity contribution in [3.05, 3.63) is 78.8 Å². The van der Waals surface area contributed by atoms with Crippen molar-refractivity contribution in [1.29, 1.82) is 0 Å². The third kappa shape index (κ3) is 5.64. The van der Waals surface area contributed by atoms with Crippen molar-refractivity contribution in [2.45, 2.75) is 6.18 Å². The van der Waals surface area contributed by atoms with Crippen molar-refractivity contribution in [2.24, 2.45) is 7.05 Å². The summed E-state index contributed by atoms with van der Waals surface area (Å²) in [5.41, 5.74) is 0.654. The molecule has 2 heterocycles. The molecule has 0 fully saturated rings. The van der Waals surface area contributed by atoms with Crippen LogP contribution in [0.2, 0.25) is 0 Å². The van der Waals surface area contributed by atoms with E-state index in [1.807, 2.05) is 0 Å². The molecule has 0 saturated carbocycles. The second-order valence-corrected chi connectivity index (χ2v) is 6.90. The average Bonchev–Trinajstić information content (AvgIpc) is 3.21. The zero-order valence-corrected chi connectivity index (χ0v) is 17.2. The van der Waals surface area contributed by atoms with Gasteiger partial charge >= 0.3 is 12.2 Å². The zero-order valence-electron chi connectivity index (χ0n) is 17.2. The van der Waals surface area contributed by atoms with Crippen molar-refractivity contribution in [3.8, 4) is 23.0 Å². The van der Waals surface area contributed by atoms with Crippen LogP contribution in [0.25, 0.3) is 11.4 Å². The fourth-order valence-corrected chi connectivity index (χ4v) is 2.84. The molecule has 0 spiro atoms. The molecule has 0 radical (unpaired) electrons. The number of rotatable bonds is 5. The molecule has 0 aliphatic heterocycles. The first-order valence-corrected chi connectivity index (χ1v) is 9.61. The topological polar surface area (TPSA) is 94.0 Å². The van der Waals surface area contributed by atoms with Crippen LogP contribution >= 0.6 is 0 Å². The molecular formula is C22H17F3N6O2. The van der Waals surface area contributed by atoms with Crippen LogP contribution in [0.15, 0.2) is 73.2 Å². The van der Waals surface area contributed by atoms with Gasteiger partial charge in [-0.2, -0.15) is 23.3 Å². The Bertz CT molecular complexity index is 1250. The van der Waals surface area contributed by atoms with Crippen molar-refractivity contribution < 1.29 is 22.7 Å². The van der Waals surface area contributed by atoms with E-state index in [9.17, 15) is 18.0 Å². The summed E-state index contributed by atoms with van der Waals surface area (Å²) in [5.74, 6) is 1.29. The number of amides is 2. The maximum atomic E-state index is 12.6. The summed E-state index contributed by atoms with van der Waals surface area (Å²) in [7, 11) is 1.79. The molecule has 4 aromatic rings. The molecule has 0 aliphatic carbocycles. The lowest BCUT2D eigenvalue weighted by Crippen LogP contribution is -2.19. The number of carbonyl (C=O) groups is 1. The van der Waals surface area contributed by atoms with E-state index in [1.165, 1.54) is 12.1 Å². The van der Waals surface area contributed by atoms with Crippen molar-refractivity contribution in [3.63, 3.8) is 0 Å². The molecule has 2 aromatic heterocycles. The minimum Gasteiger partial charge on any atom is -0.439 e. The molecule has 11 heteroatoms. The van der Waals surface area contributed by atoms with Gasteiger partial charge in [-0.05, 0) is 48.5 Å². The smallest absolute Gasteiger partial charge is 0.416 e. The Kier molecular flexibility index (Phi) is 5.94. The average molecular weight is 454 g/mol. The number of alkyl halides is 3. The highest BCUT2D eigenvalue weighted by molar-refractivity contribution is 5.99. The van der Waals surface area contributed by atoms with Gasteiger partial charge in [0.25, 0.3) is 0 Å². The number of halogens is 3. The summed E-state index contributed by atoms with van der Waals surface area (Å²) >= 11 is 0. The molecule has 0 unspecified atom stereocenters. The van der Waals surface area contributed by atoms with Gasteiger partial charge < -0.3 is 15.4 Å². The van der Waals surface area contributed by atoms with Crippen LogP contribution in [0.1, 0.15) is 5.56 Å². The number of urea groups is 1. The summed E-state index contributed by atoms with van der Waals surface area (Å²) in [6.45, 7) is 0.